The molecule has 0 aromatic carbocycles. The van der Waals surface area contributed by atoms with Crippen molar-refractivity contribution in [2.45, 2.75) is 225 Å². The fraction of sp³-hybridized carbons (Fsp3) is 0.706. The molecule has 55 heavy (non-hydrogen) atoms. The summed E-state index contributed by atoms with van der Waals surface area (Å²) < 4.78 is 0. The van der Waals surface area contributed by atoms with Crippen LogP contribution in [0.15, 0.2) is 85.1 Å². The Morgan fingerprint density at radius 1 is 0.455 bits per heavy atom. The Hall–Kier alpha value is -2.43. The number of nitrogens with one attached hydrogen (secondary N) is 1. The first-order valence-corrected chi connectivity index (χ1v) is 23.3. The fourth-order valence-corrected chi connectivity index (χ4v) is 6.59. The number of aliphatic hydroxyl groups excluding tert-OH is 2. The maximum atomic E-state index is 12.4. The molecule has 1 amide bonds. The Morgan fingerprint density at radius 3 is 1.20 bits per heavy atom. The van der Waals surface area contributed by atoms with E-state index in [2.05, 4.69) is 92.1 Å². The van der Waals surface area contributed by atoms with Crippen LogP contribution in [-0.2, 0) is 4.79 Å². The average Bonchev–Trinajstić information content (AvgIpc) is 3.19. The van der Waals surface area contributed by atoms with E-state index in [1.807, 2.05) is 6.08 Å². The van der Waals surface area contributed by atoms with Crippen molar-refractivity contribution in [3.05, 3.63) is 85.1 Å². The molecule has 2 atom stereocenters. The van der Waals surface area contributed by atoms with Crippen molar-refractivity contribution < 1.29 is 15.0 Å². The summed E-state index contributed by atoms with van der Waals surface area (Å²) in [5.41, 5.74) is 0. The van der Waals surface area contributed by atoms with Crippen molar-refractivity contribution in [3.8, 4) is 0 Å². The number of hydrogen-bond donors (Lipinski definition) is 3. The fourth-order valence-electron chi connectivity index (χ4n) is 6.59. The number of hydrogen-bond acceptors (Lipinski definition) is 3. The predicted octanol–water partition coefficient (Wildman–Crippen LogP) is 14.9. The normalized spacial score (nSPS) is 13.7. The van der Waals surface area contributed by atoms with Gasteiger partial charge in [-0.1, -0.05) is 221 Å². The zero-order chi connectivity index (χ0) is 40.0. The van der Waals surface area contributed by atoms with Crippen LogP contribution in [0.3, 0.4) is 0 Å². The van der Waals surface area contributed by atoms with Gasteiger partial charge in [0.15, 0.2) is 0 Å². The van der Waals surface area contributed by atoms with Gasteiger partial charge in [-0.25, -0.2) is 0 Å². The molecule has 0 fully saturated rings. The molecule has 0 aliphatic heterocycles. The van der Waals surface area contributed by atoms with Gasteiger partial charge in [-0.15, -0.1) is 0 Å². The van der Waals surface area contributed by atoms with Crippen LogP contribution in [0.1, 0.15) is 213 Å². The molecule has 4 heteroatoms. The molecule has 0 aromatic rings. The third kappa shape index (κ3) is 42.6. The van der Waals surface area contributed by atoms with E-state index in [9.17, 15) is 15.0 Å². The summed E-state index contributed by atoms with van der Waals surface area (Å²) in [7, 11) is 0. The largest absolute Gasteiger partial charge is 0.394 e. The number of unbranched alkanes of at least 4 members (excludes halogenated alkanes) is 22. The van der Waals surface area contributed by atoms with Gasteiger partial charge >= 0.3 is 0 Å². The molecule has 316 valence electrons. The molecule has 0 aliphatic carbocycles. The first-order valence-electron chi connectivity index (χ1n) is 23.3. The molecule has 4 nitrogen and oxygen atoms in total. The van der Waals surface area contributed by atoms with Gasteiger partial charge in [0.2, 0.25) is 5.91 Å². The smallest absolute Gasteiger partial charge is 0.220 e. The Labute approximate surface area is 341 Å². The van der Waals surface area contributed by atoms with E-state index in [4.69, 9.17) is 0 Å². The molecule has 0 spiro atoms. The highest BCUT2D eigenvalue weighted by Crippen LogP contribution is 2.15. The molecule has 0 heterocycles. The highest BCUT2D eigenvalue weighted by Gasteiger charge is 2.17. The first-order chi connectivity index (χ1) is 27.2. The lowest BCUT2D eigenvalue weighted by molar-refractivity contribution is -0.123. The van der Waals surface area contributed by atoms with Crippen LogP contribution in [-0.4, -0.2) is 34.9 Å². The summed E-state index contributed by atoms with van der Waals surface area (Å²) in [6, 6.07) is -0.636. The summed E-state index contributed by atoms with van der Waals surface area (Å²) in [5, 5.41) is 23.1. The molecule has 2 unspecified atom stereocenters. The van der Waals surface area contributed by atoms with Gasteiger partial charge in [-0.3, -0.25) is 4.79 Å². The van der Waals surface area contributed by atoms with Crippen LogP contribution in [0.4, 0.5) is 0 Å². The second kappa shape index (κ2) is 46.0. The molecule has 0 bridgehead atoms. The van der Waals surface area contributed by atoms with Gasteiger partial charge in [0, 0.05) is 6.42 Å². The van der Waals surface area contributed by atoms with Gasteiger partial charge < -0.3 is 15.5 Å². The third-order valence-corrected chi connectivity index (χ3v) is 10.1. The van der Waals surface area contributed by atoms with Crippen molar-refractivity contribution in [2.24, 2.45) is 0 Å². The van der Waals surface area contributed by atoms with E-state index in [1.54, 1.807) is 6.08 Å². The second-order valence-corrected chi connectivity index (χ2v) is 15.4. The monoisotopic (exact) mass is 764 g/mol. The number of carbonyl (C=O) groups excluding carboxylic acids is 1. The molecule has 0 rings (SSSR count). The van der Waals surface area contributed by atoms with Crippen LogP contribution in [0.25, 0.3) is 0 Å². The summed E-state index contributed by atoms with van der Waals surface area (Å²) in [4.78, 5) is 12.4. The number of rotatable bonds is 41. The lowest BCUT2D eigenvalue weighted by Gasteiger charge is -2.20. The Kier molecular flexibility index (Phi) is 43.9. The maximum Gasteiger partial charge on any atom is 0.220 e. The molecule has 0 saturated carbocycles. The van der Waals surface area contributed by atoms with Gasteiger partial charge in [0.05, 0.1) is 18.8 Å². The molecule has 0 aliphatic rings. The summed E-state index contributed by atoms with van der Waals surface area (Å²) >= 11 is 0. The van der Waals surface area contributed by atoms with Crippen molar-refractivity contribution in [1.29, 1.82) is 0 Å². The van der Waals surface area contributed by atoms with E-state index >= 15 is 0 Å². The minimum atomic E-state index is -0.851. The van der Waals surface area contributed by atoms with E-state index in [0.29, 0.717) is 6.42 Å². The van der Waals surface area contributed by atoms with Gasteiger partial charge in [-0.05, 0) is 70.6 Å². The third-order valence-electron chi connectivity index (χ3n) is 10.1. The Bertz CT molecular complexity index is 1000. The van der Waals surface area contributed by atoms with Crippen molar-refractivity contribution in [3.63, 3.8) is 0 Å². The van der Waals surface area contributed by atoms with Crippen LogP contribution in [0.2, 0.25) is 0 Å². The summed E-state index contributed by atoms with van der Waals surface area (Å²) in [6.45, 7) is 4.19. The second-order valence-electron chi connectivity index (χ2n) is 15.4. The zero-order valence-electron chi connectivity index (χ0n) is 36.2. The SMILES string of the molecule is CC/C=C\C/C=C\C/C=C\C/C=C\C/C=C\C/C=C\CCCCCCCCC(=O)NC(CO)C(O)/C=C/CCCCCCCCCCCCCCCCCC. The highest BCUT2D eigenvalue weighted by molar-refractivity contribution is 5.76. The molecule has 0 saturated heterocycles. The van der Waals surface area contributed by atoms with Crippen LogP contribution >= 0.6 is 0 Å². The predicted molar refractivity (Wildman–Crippen MR) is 243 cm³/mol. The van der Waals surface area contributed by atoms with Gasteiger partial charge in [0.1, 0.15) is 0 Å². The lowest BCUT2D eigenvalue weighted by Crippen LogP contribution is -2.45. The van der Waals surface area contributed by atoms with E-state index in [1.165, 1.54) is 116 Å². The van der Waals surface area contributed by atoms with Gasteiger partial charge in [0.25, 0.3) is 0 Å². The van der Waals surface area contributed by atoms with Crippen molar-refractivity contribution in [2.75, 3.05) is 6.61 Å². The lowest BCUT2D eigenvalue weighted by atomic mass is 10.0. The first kappa shape index (κ1) is 52.6. The Morgan fingerprint density at radius 2 is 0.800 bits per heavy atom. The highest BCUT2D eigenvalue weighted by atomic mass is 16.3. The number of amides is 1. The molecule has 0 aromatic heterocycles. The van der Waals surface area contributed by atoms with Crippen molar-refractivity contribution in [1.82, 2.24) is 5.32 Å². The summed E-state index contributed by atoms with van der Waals surface area (Å²) in [5.74, 6) is -0.0815. The van der Waals surface area contributed by atoms with Gasteiger partial charge in [-0.2, -0.15) is 0 Å². The molecule has 3 N–H and O–H groups in total. The summed E-state index contributed by atoms with van der Waals surface area (Å²) in [6.07, 6.45) is 66.9. The van der Waals surface area contributed by atoms with E-state index in [0.717, 1.165) is 77.0 Å². The van der Waals surface area contributed by atoms with Crippen LogP contribution < -0.4 is 5.32 Å². The van der Waals surface area contributed by atoms with E-state index < -0.39 is 12.1 Å². The topological polar surface area (TPSA) is 69.6 Å². The maximum absolute atomic E-state index is 12.4. The Balaban J connectivity index is 3.65. The zero-order valence-corrected chi connectivity index (χ0v) is 36.2. The quantitative estimate of drug-likeness (QED) is 0.0429. The average molecular weight is 764 g/mol. The molecular formula is C51H89NO3. The standard InChI is InChI=1S/C51H89NO3/c1-3-5-7-9-11-13-15-17-19-21-23-24-25-26-27-28-29-31-33-35-37-39-41-43-45-47-51(55)52-49(48-53)50(54)46-44-42-40-38-36-34-32-30-22-20-18-16-14-12-10-8-6-4-2/h5,7,11,13,17,19,23-24,26-27,29,31,44,46,49-50,53-54H,3-4,6,8-10,12,14-16,18,20-22,25,28,30,32-43,45,47-48H2,1-2H3,(H,52,55)/b7-5-,13-11-,19-17-,24-23-,27-26-,31-29-,46-44+. The molecule has 0 radical (unpaired) electrons. The number of carbonyl (C=O) groups is 1. The number of allylic oxidation sites excluding steroid dienone is 13. The van der Waals surface area contributed by atoms with Crippen molar-refractivity contribution >= 4 is 5.91 Å². The minimum absolute atomic E-state index is 0.0815. The van der Waals surface area contributed by atoms with Crippen LogP contribution in [0, 0.1) is 0 Å². The van der Waals surface area contributed by atoms with Crippen LogP contribution in [0.5, 0.6) is 0 Å². The van der Waals surface area contributed by atoms with E-state index in [-0.39, 0.29) is 12.5 Å². The molecular weight excluding hydrogens is 675 g/mol. The number of aliphatic hydroxyl groups is 2. The minimum Gasteiger partial charge on any atom is -0.394 e.